The summed E-state index contributed by atoms with van der Waals surface area (Å²) >= 11 is 5.18. The van der Waals surface area contributed by atoms with Crippen LogP contribution in [0.1, 0.15) is 35.8 Å². The number of carbonyl (C=O) groups excluding carboxylic acids is 2. The lowest BCUT2D eigenvalue weighted by Gasteiger charge is -2.31. The van der Waals surface area contributed by atoms with Crippen LogP contribution in [-0.2, 0) is 16.1 Å². The number of benzene rings is 1. The van der Waals surface area contributed by atoms with E-state index in [0.29, 0.717) is 31.9 Å². The highest BCUT2D eigenvalue weighted by Gasteiger charge is 2.31. The predicted molar refractivity (Wildman–Crippen MR) is 118 cm³/mol. The van der Waals surface area contributed by atoms with Crippen molar-refractivity contribution in [2.75, 3.05) is 19.7 Å². The van der Waals surface area contributed by atoms with E-state index in [1.54, 1.807) is 16.2 Å². The standard InChI is InChI=1S/C22H23BrN2O3S/c1-2-28-22(27)16-9-6-10-24(14-16)21(26)18-11-19-17(12-20(23)29-19)25(18)13-15-7-4-3-5-8-15/h3-5,7-8,11-12,16H,2,6,9-10,13-14H2,1H3/t16-/m1/s1. The number of likely N-dealkylation sites (tertiary alicyclic amines) is 1. The summed E-state index contributed by atoms with van der Waals surface area (Å²) < 4.78 is 9.39. The van der Waals surface area contributed by atoms with Gasteiger partial charge in [0.05, 0.1) is 26.5 Å². The molecule has 5 nitrogen and oxygen atoms in total. The number of thiophene rings is 1. The predicted octanol–water partition coefficient (Wildman–Crippen LogP) is 4.93. The number of piperidine rings is 1. The van der Waals surface area contributed by atoms with E-state index >= 15 is 0 Å². The van der Waals surface area contributed by atoms with Crippen molar-refractivity contribution in [1.82, 2.24) is 9.47 Å². The number of carbonyl (C=O) groups is 2. The SMILES string of the molecule is CCOC(=O)[C@@H]1CCCN(C(=O)c2cc3sc(Br)cc3n2Cc2ccccc2)C1. The Morgan fingerprint density at radius 1 is 1.24 bits per heavy atom. The van der Waals surface area contributed by atoms with Gasteiger partial charge in [0.1, 0.15) is 5.69 Å². The third-order valence-electron chi connectivity index (χ3n) is 5.29. The molecule has 29 heavy (non-hydrogen) atoms. The van der Waals surface area contributed by atoms with Crippen molar-refractivity contribution in [1.29, 1.82) is 0 Å². The molecule has 4 rings (SSSR count). The van der Waals surface area contributed by atoms with Crippen molar-refractivity contribution in [3.8, 4) is 0 Å². The number of nitrogens with zero attached hydrogens (tertiary/aromatic N) is 2. The smallest absolute Gasteiger partial charge is 0.310 e. The van der Waals surface area contributed by atoms with E-state index in [9.17, 15) is 9.59 Å². The second-order valence-corrected chi connectivity index (χ2v) is 9.71. The first kappa shape index (κ1) is 20.2. The van der Waals surface area contributed by atoms with E-state index in [2.05, 4.69) is 38.7 Å². The molecule has 2 aromatic heterocycles. The zero-order valence-electron chi connectivity index (χ0n) is 16.3. The Bertz CT molecular complexity index is 1030. The molecule has 1 aliphatic heterocycles. The van der Waals surface area contributed by atoms with Crippen LogP contribution in [0.2, 0.25) is 0 Å². The lowest BCUT2D eigenvalue weighted by molar-refractivity contribution is -0.149. The fourth-order valence-electron chi connectivity index (χ4n) is 3.90. The minimum Gasteiger partial charge on any atom is -0.466 e. The van der Waals surface area contributed by atoms with Crippen molar-refractivity contribution in [2.45, 2.75) is 26.3 Å². The summed E-state index contributed by atoms with van der Waals surface area (Å²) in [5.74, 6) is -0.454. The van der Waals surface area contributed by atoms with Gasteiger partial charge in [-0.05, 0) is 53.4 Å². The number of hydrogen-bond acceptors (Lipinski definition) is 4. The number of amides is 1. The van der Waals surface area contributed by atoms with Crippen LogP contribution in [0.5, 0.6) is 0 Å². The van der Waals surface area contributed by atoms with E-state index in [4.69, 9.17) is 4.74 Å². The topological polar surface area (TPSA) is 51.5 Å². The number of fused-ring (bicyclic) bond motifs is 1. The minimum absolute atomic E-state index is 0.0190. The van der Waals surface area contributed by atoms with Crippen molar-refractivity contribution in [2.24, 2.45) is 5.92 Å². The molecule has 0 bridgehead atoms. The molecule has 1 atom stereocenters. The second kappa shape index (κ2) is 8.71. The first-order chi connectivity index (χ1) is 14.1. The highest BCUT2D eigenvalue weighted by molar-refractivity contribution is 9.11. The maximum atomic E-state index is 13.4. The molecule has 0 unspecified atom stereocenters. The first-order valence-corrected chi connectivity index (χ1v) is 11.5. The zero-order valence-corrected chi connectivity index (χ0v) is 18.7. The van der Waals surface area contributed by atoms with Crippen LogP contribution in [0.3, 0.4) is 0 Å². The Labute approximate surface area is 182 Å². The molecule has 152 valence electrons. The van der Waals surface area contributed by atoms with Gasteiger partial charge in [0, 0.05) is 19.6 Å². The minimum atomic E-state index is -0.236. The van der Waals surface area contributed by atoms with Gasteiger partial charge in [-0.3, -0.25) is 9.59 Å². The molecule has 3 aromatic rings. The average molecular weight is 475 g/mol. The van der Waals surface area contributed by atoms with Gasteiger partial charge in [-0.1, -0.05) is 30.3 Å². The molecule has 1 fully saturated rings. The Kier molecular flexibility index (Phi) is 6.06. The molecular formula is C22H23BrN2O3S. The fourth-order valence-corrected chi connectivity index (χ4v) is 5.47. The highest BCUT2D eigenvalue weighted by atomic mass is 79.9. The van der Waals surface area contributed by atoms with Gasteiger partial charge in [-0.2, -0.15) is 0 Å². The first-order valence-electron chi connectivity index (χ1n) is 9.85. The Hall–Kier alpha value is -2.12. The third-order valence-corrected chi connectivity index (χ3v) is 6.86. The molecule has 0 aliphatic carbocycles. The van der Waals surface area contributed by atoms with E-state index in [0.717, 1.165) is 32.4 Å². The number of ether oxygens (including phenoxy) is 1. The van der Waals surface area contributed by atoms with Crippen LogP contribution in [0, 0.1) is 5.92 Å². The van der Waals surface area contributed by atoms with Gasteiger partial charge in [0.25, 0.3) is 5.91 Å². The molecular weight excluding hydrogens is 452 g/mol. The summed E-state index contributed by atoms with van der Waals surface area (Å²) in [4.78, 5) is 27.4. The lowest BCUT2D eigenvalue weighted by atomic mass is 9.98. The Morgan fingerprint density at radius 3 is 2.79 bits per heavy atom. The summed E-state index contributed by atoms with van der Waals surface area (Å²) in [6.07, 6.45) is 1.59. The van der Waals surface area contributed by atoms with E-state index in [1.165, 1.54) is 0 Å². The Morgan fingerprint density at radius 2 is 2.03 bits per heavy atom. The number of aromatic nitrogens is 1. The molecule has 1 amide bonds. The van der Waals surface area contributed by atoms with Crippen LogP contribution in [0.25, 0.3) is 10.2 Å². The van der Waals surface area contributed by atoms with Gasteiger partial charge in [0.2, 0.25) is 0 Å². The molecule has 1 aromatic carbocycles. The quantitative estimate of drug-likeness (QED) is 0.492. The van der Waals surface area contributed by atoms with Crippen LogP contribution in [0.4, 0.5) is 0 Å². The van der Waals surface area contributed by atoms with Crippen molar-refractivity contribution >= 4 is 49.4 Å². The molecule has 0 N–H and O–H groups in total. The maximum absolute atomic E-state index is 13.4. The highest BCUT2D eigenvalue weighted by Crippen LogP contribution is 2.34. The van der Waals surface area contributed by atoms with Crippen LogP contribution < -0.4 is 0 Å². The molecule has 0 radical (unpaired) electrons. The monoisotopic (exact) mass is 474 g/mol. The number of esters is 1. The van der Waals surface area contributed by atoms with Crippen molar-refractivity contribution in [3.05, 3.63) is 57.5 Å². The summed E-state index contributed by atoms with van der Waals surface area (Å²) in [5, 5.41) is 0. The average Bonchev–Trinajstić information content (AvgIpc) is 3.25. The van der Waals surface area contributed by atoms with Gasteiger partial charge < -0.3 is 14.2 Å². The van der Waals surface area contributed by atoms with Gasteiger partial charge in [-0.15, -0.1) is 11.3 Å². The maximum Gasteiger partial charge on any atom is 0.310 e. The van der Waals surface area contributed by atoms with Gasteiger partial charge >= 0.3 is 5.97 Å². The van der Waals surface area contributed by atoms with E-state index in [-0.39, 0.29) is 17.8 Å². The number of hydrogen-bond donors (Lipinski definition) is 0. The summed E-state index contributed by atoms with van der Waals surface area (Å²) in [6.45, 7) is 3.90. The molecule has 3 heterocycles. The molecule has 1 saturated heterocycles. The number of rotatable bonds is 5. The van der Waals surface area contributed by atoms with Crippen LogP contribution in [-0.4, -0.2) is 41.0 Å². The van der Waals surface area contributed by atoms with Crippen molar-refractivity contribution < 1.29 is 14.3 Å². The Balaban J connectivity index is 1.64. The van der Waals surface area contributed by atoms with Crippen molar-refractivity contribution in [3.63, 3.8) is 0 Å². The summed E-state index contributed by atoms with van der Waals surface area (Å²) in [7, 11) is 0. The fraction of sp³-hybridized carbons (Fsp3) is 0.364. The lowest BCUT2D eigenvalue weighted by Crippen LogP contribution is -2.43. The van der Waals surface area contributed by atoms with Gasteiger partial charge in [0.15, 0.2) is 0 Å². The second-order valence-electron chi connectivity index (χ2n) is 7.24. The zero-order chi connectivity index (χ0) is 20.4. The van der Waals surface area contributed by atoms with Gasteiger partial charge in [-0.25, -0.2) is 0 Å². The molecule has 1 aliphatic rings. The normalized spacial score (nSPS) is 16.9. The van der Waals surface area contributed by atoms with E-state index in [1.807, 2.05) is 31.2 Å². The molecule has 0 spiro atoms. The largest absolute Gasteiger partial charge is 0.466 e. The molecule has 0 saturated carbocycles. The summed E-state index contributed by atoms with van der Waals surface area (Å²) in [5.41, 5.74) is 2.87. The summed E-state index contributed by atoms with van der Waals surface area (Å²) in [6, 6.07) is 14.2. The van der Waals surface area contributed by atoms with E-state index < -0.39 is 0 Å². The van der Waals surface area contributed by atoms with Crippen LogP contribution in [0.15, 0.2) is 46.3 Å². The van der Waals surface area contributed by atoms with Crippen LogP contribution >= 0.6 is 27.3 Å². The number of halogens is 1. The molecule has 7 heteroatoms. The third kappa shape index (κ3) is 4.26.